The zero-order valence-electron chi connectivity index (χ0n) is 17.6. The molecule has 0 unspecified atom stereocenters. The molecule has 0 aliphatic heterocycles. The van der Waals surface area contributed by atoms with Crippen LogP contribution >= 0.6 is 11.3 Å². The summed E-state index contributed by atoms with van der Waals surface area (Å²) in [5.41, 5.74) is 6.42. The Morgan fingerprint density at radius 1 is 1.06 bits per heavy atom. The van der Waals surface area contributed by atoms with Crippen molar-refractivity contribution in [3.05, 3.63) is 75.5 Å². The van der Waals surface area contributed by atoms with Crippen LogP contribution in [0.25, 0.3) is 21.5 Å². The molecular weight excluding hydrogens is 424 g/mol. The van der Waals surface area contributed by atoms with Crippen LogP contribution in [0.3, 0.4) is 0 Å². The third-order valence-electron chi connectivity index (χ3n) is 5.79. The normalized spacial score (nSPS) is 13.0. The highest BCUT2D eigenvalue weighted by Gasteiger charge is 2.22. The van der Waals surface area contributed by atoms with Gasteiger partial charge in [0.25, 0.3) is 5.69 Å². The minimum absolute atomic E-state index is 0.0964. The maximum absolute atomic E-state index is 11.1. The van der Waals surface area contributed by atoms with Gasteiger partial charge >= 0.3 is 0 Å². The molecule has 0 atom stereocenters. The van der Waals surface area contributed by atoms with Crippen molar-refractivity contribution in [1.29, 1.82) is 0 Å². The lowest BCUT2D eigenvalue weighted by atomic mass is 9.89. The van der Waals surface area contributed by atoms with Gasteiger partial charge < -0.3 is 10.1 Å². The number of non-ortho nitro benzene ring substituents is 1. The maximum Gasteiger partial charge on any atom is 0.269 e. The molecule has 5 rings (SSSR count). The number of methoxy groups -OCH3 is 1. The second kappa shape index (κ2) is 8.55. The Bertz CT molecular complexity index is 1280. The number of ether oxygens (including phenoxy) is 1. The first-order valence-electron chi connectivity index (χ1n) is 10.6. The zero-order chi connectivity index (χ0) is 22.1. The Balaban J connectivity index is 1.52. The summed E-state index contributed by atoms with van der Waals surface area (Å²) in [6.07, 6.45) is 4.16. The van der Waals surface area contributed by atoms with E-state index >= 15 is 0 Å². The molecule has 0 spiro atoms. The van der Waals surface area contributed by atoms with Crippen LogP contribution in [0.2, 0.25) is 0 Å². The first kappa shape index (κ1) is 20.4. The van der Waals surface area contributed by atoms with Gasteiger partial charge in [-0.25, -0.2) is 9.97 Å². The summed E-state index contributed by atoms with van der Waals surface area (Å²) in [6, 6.07) is 14.8. The number of hydrogen-bond donors (Lipinski definition) is 1. The number of rotatable bonds is 6. The van der Waals surface area contributed by atoms with Gasteiger partial charge in [0.15, 0.2) is 10.8 Å². The molecule has 1 aliphatic carbocycles. The zero-order valence-corrected chi connectivity index (χ0v) is 18.4. The Morgan fingerprint density at radius 3 is 2.53 bits per heavy atom. The third-order valence-corrected chi connectivity index (χ3v) is 6.81. The van der Waals surface area contributed by atoms with Gasteiger partial charge in [0, 0.05) is 29.9 Å². The van der Waals surface area contributed by atoms with Gasteiger partial charge in [-0.1, -0.05) is 23.5 Å². The van der Waals surface area contributed by atoms with Crippen LogP contribution in [-0.2, 0) is 19.4 Å². The highest BCUT2D eigenvalue weighted by atomic mass is 32.1. The average Bonchev–Trinajstić information content (AvgIpc) is 3.24. The molecule has 0 radical (unpaired) electrons. The van der Waals surface area contributed by atoms with E-state index in [1.54, 1.807) is 30.6 Å². The number of hydrogen-bond acceptors (Lipinski definition) is 7. The quantitative estimate of drug-likeness (QED) is 0.299. The Labute approximate surface area is 189 Å². The smallest absolute Gasteiger partial charge is 0.269 e. The van der Waals surface area contributed by atoms with E-state index in [9.17, 15) is 10.1 Å². The van der Waals surface area contributed by atoms with E-state index in [0.29, 0.717) is 6.54 Å². The summed E-state index contributed by atoms with van der Waals surface area (Å²) in [4.78, 5) is 20.4. The first-order valence-corrected chi connectivity index (χ1v) is 11.4. The molecule has 1 N–H and O–H groups in total. The van der Waals surface area contributed by atoms with Crippen LogP contribution in [0.15, 0.2) is 48.5 Å². The first-order chi connectivity index (χ1) is 15.6. The van der Waals surface area contributed by atoms with Crippen LogP contribution in [0.4, 0.5) is 10.8 Å². The minimum Gasteiger partial charge on any atom is -0.497 e. The van der Waals surface area contributed by atoms with E-state index in [2.05, 4.69) is 5.32 Å². The fourth-order valence-electron chi connectivity index (χ4n) is 4.15. The lowest BCUT2D eigenvalue weighted by Crippen LogP contribution is -2.07. The molecule has 2 aromatic heterocycles. The molecule has 2 heterocycles. The lowest BCUT2D eigenvalue weighted by Gasteiger charge is -2.19. The predicted molar refractivity (Wildman–Crippen MR) is 126 cm³/mol. The van der Waals surface area contributed by atoms with E-state index < -0.39 is 0 Å². The summed E-state index contributed by atoms with van der Waals surface area (Å²) in [5, 5.41) is 15.3. The number of fused-ring (bicyclic) bond motifs is 2. The fourth-order valence-corrected chi connectivity index (χ4v) is 5.14. The number of aromatic nitrogens is 2. The van der Waals surface area contributed by atoms with Gasteiger partial charge in [-0.3, -0.25) is 10.1 Å². The number of thiazole rings is 1. The molecule has 0 fully saturated rings. The van der Waals surface area contributed by atoms with Crippen LogP contribution in [-0.4, -0.2) is 22.0 Å². The molecule has 2 aromatic carbocycles. The minimum atomic E-state index is -0.366. The Hall–Kier alpha value is -3.52. The number of nitro groups is 1. The van der Waals surface area contributed by atoms with Gasteiger partial charge in [-0.05, 0) is 66.6 Å². The van der Waals surface area contributed by atoms with Crippen molar-refractivity contribution in [1.82, 2.24) is 9.97 Å². The summed E-state index contributed by atoms with van der Waals surface area (Å²) in [7, 11) is 1.66. The van der Waals surface area contributed by atoms with Crippen LogP contribution in [0.5, 0.6) is 5.75 Å². The molecule has 8 heteroatoms. The number of nitrogens with zero attached hydrogens (tertiary/aromatic N) is 3. The molecule has 1 aliphatic rings. The van der Waals surface area contributed by atoms with Crippen molar-refractivity contribution in [3.8, 4) is 16.9 Å². The number of benzene rings is 2. The number of nitrogens with one attached hydrogen (secondary N) is 1. The number of nitro benzene ring substituents is 1. The van der Waals surface area contributed by atoms with Crippen LogP contribution < -0.4 is 10.1 Å². The number of anilines is 1. The van der Waals surface area contributed by atoms with E-state index in [4.69, 9.17) is 14.7 Å². The largest absolute Gasteiger partial charge is 0.497 e. The van der Waals surface area contributed by atoms with Gasteiger partial charge in [0.1, 0.15) is 5.75 Å². The molecule has 4 aromatic rings. The third kappa shape index (κ3) is 3.89. The number of aryl methyl sites for hydroxylation is 1. The summed E-state index contributed by atoms with van der Waals surface area (Å²) >= 11 is 1.59. The molecule has 0 bridgehead atoms. The summed E-state index contributed by atoms with van der Waals surface area (Å²) in [5.74, 6) is 0.830. The van der Waals surface area contributed by atoms with E-state index in [1.165, 1.54) is 5.56 Å². The van der Waals surface area contributed by atoms with Crippen LogP contribution in [0.1, 0.15) is 29.7 Å². The summed E-state index contributed by atoms with van der Waals surface area (Å²) < 4.78 is 6.24. The van der Waals surface area contributed by atoms with E-state index in [1.807, 2.05) is 36.4 Å². The molecule has 162 valence electrons. The van der Waals surface area contributed by atoms with Crippen molar-refractivity contribution < 1.29 is 9.66 Å². The van der Waals surface area contributed by atoms with Crippen molar-refractivity contribution in [2.24, 2.45) is 0 Å². The topological polar surface area (TPSA) is 90.2 Å². The maximum atomic E-state index is 11.1. The fraction of sp³-hybridized carbons (Fsp3) is 0.250. The molecule has 32 heavy (non-hydrogen) atoms. The van der Waals surface area contributed by atoms with Gasteiger partial charge in [0.2, 0.25) is 0 Å². The monoisotopic (exact) mass is 446 g/mol. The van der Waals surface area contributed by atoms with Crippen molar-refractivity contribution in [3.63, 3.8) is 0 Å². The van der Waals surface area contributed by atoms with Gasteiger partial charge in [-0.15, -0.1) is 0 Å². The SMILES string of the molecule is COc1ccc(CNc2nc3nc4c(c(-c5ccc([N+](=O)[O-])cc5)c3s2)CCCC4)cc1. The predicted octanol–water partition coefficient (Wildman–Crippen LogP) is 5.77. The van der Waals surface area contributed by atoms with E-state index in [0.717, 1.165) is 69.3 Å². The molecular formula is C24H22N4O3S. The van der Waals surface area contributed by atoms with Crippen molar-refractivity contribution >= 4 is 32.5 Å². The second-order valence-electron chi connectivity index (χ2n) is 7.80. The molecule has 7 nitrogen and oxygen atoms in total. The van der Waals surface area contributed by atoms with Gasteiger partial charge in [-0.2, -0.15) is 0 Å². The highest BCUT2D eigenvalue weighted by molar-refractivity contribution is 7.22. The Morgan fingerprint density at radius 2 is 1.81 bits per heavy atom. The average molecular weight is 447 g/mol. The van der Waals surface area contributed by atoms with Crippen molar-refractivity contribution in [2.45, 2.75) is 32.2 Å². The second-order valence-corrected chi connectivity index (χ2v) is 8.80. The lowest BCUT2D eigenvalue weighted by molar-refractivity contribution is -0.384. The standard InChI is InChI=1S/C24H22N4O3S/c1-31-18-12-6-15(7-13-18)14-25-24-27-23-22(32-24)21(19-4-2-3-5-20(19)26-23)16-8-10-17(11-9-16)28(29)30/h6-13H,2-5,14H2,1H3,(H,25,26,27). The summed E-state index contributed by atoms with van der Waals surface area (Å²) in [6.45, 7) is 0.649. The molecule has 0 saturated carbocycles. The van der Waals surface area contributed by atoms with Crippen LogP contribution in [0, 0.1) is 10.1 Å². The Kier molecular flexibility index (Phi) is 5.45. The number of pyridine rings is 1. The van der Waals surface area contributed by atoms with E-state index in [-0.39, 0.29) is 10.6 Å². The van der Waals surface area contributed by atoms with Crippen molar-refractivity contribution in [2.75, 3.05) is 12.4 Å². The molecule has 0 saturated heterocycles. The van der Waals surface area contributed by atoms with Gasteiger partial charge in [0.05, 0.1) is 16.7 Å². The highest BCUT2D eigenvalue weighted by Crippen LogP contribution is 2.40. The molecule has 0 amide bonds.